The summed E-state index contributed by atoms with van der Waals surface area (Å²) in [6, 6.07) is 11.0. The normalized spacial score (nSPS) is 17.9. The zero-order valence-electron chi connectivity index (χ0n) is 22.5. The van der Waals surface area contributed by atoms with E-state index in [4.69, 9.17) is 14.2 Å². The Hall–Kier alpha value is -3.22. The number of hydrogen-bond acceptors (Lipinski definition) is 5. The Bertz CT molecular complexity index is 1010. The zero-order chi connectivity index (χ0) is 26.2. The minimum absolute atomic E-state index is 0.00204. The van der Waals surface area contributed by atoms with Crippen molar-refractivity contribution in [1.82, 2.24) is 9.80 Å². The molecule has 0 spiro atoms. The van der Waals surface area contributed by atoms with Crippen molar-refractivity contribution in [3.05, 3.63) is 42.0 Å². The molecule has 1 fully saturated rings. The van der Waals surface area contributed by atoms with Gasteiger partial charge in [0.1, 0.15) is 12.1 Å². The Morgan fingerprint density at radius 1 is 0.806 bits per heavy atom. The van der Waals surface area contributed by atoms with E-state index in [0.29, 0.717) is 30.2 Å². The van der Waals surface area contributed by atoms with Gasteiger partial charge in [-0.1, -0.05) is 56.9 Å². The van der Waals surface area contributed by atoms with Gasteiger partial charge in [-0.3, -0.25) is 9.59 Å². The average molecular weight is 497 g/mol. The first kappa shape index (κ1) is 27.4. The van der Waals surface area contributed by atoms with Crippen LogP contribution in [-0.4, -0.2) is 68.6 Å². The van der Waals surface area contributed by atoms with Crippen molar-refractivity contribution in [3.8, 4) is 28.4 Å². The van der Waals surface area contributed by atoms with Crippen LogP contribution in [0.25, 0.3) is 11.1 Å². The summed E-state index contributed by atoms with van der Waals surface area (Å²) in [4.78, 5) is 29.7. The van der Waals surface area contributed by atoms with Crippen LogP contribution in [0.5, 0.6) is 17.2 Å². The van der Waals surface area contributed by atoms with Gasteiger partial charge in [0.15, 0.2) is 11.5 Å². The van der Waals surface area contributed by atoms with E-state index >= 15 is 0 Å². The van der Waals surface area contributed by atoms with Crippen LogP contribution in [0.2, 0.25) is 0 Å². The van der Waals surface area contributed by atoms with Crippen LogP contribution in [0, 0.1) is 0 Å². The lowest BCUT2D eigenvalue weighted by Crippen LogP contribution is -2.63. The number of carbonyl (C=O) groups excluding carboxylic acids is 2. The molecule has 1 saturated heterocycles. The molecule has 0 aromatic heterocycles. The van der Waals surface area contributed by atoms with Crippen LogP contribution >= 0.6 is 0 Å². The van der Waals surface area contributed by atoms with Gasteiger partial charge in [-0.2, -0.15) is 0 Å². The van der Waals surface area contributed by atoms with Crippen molar-refractivity contribution in [2.45, 2.75) is 64.5 Å². The smallest absolute Gasteiger partial charge is 0.246 e. The summed E-state index contributed by atoms with van der Waals surface area (Å²) in [6.45, 7) is 4.66. The minimum Gasteiger partial charge on any atom is -0.493 e. The standard InChI is InChI=1S/C29H40N2O5/c1-7-8-9-10-11-16-31-20(2)28(32)30(3)24(29(31)33)17-21-12-14-22(15-13-21)23-18-25(34-4)27(36-6)26(19-23)35-5/h12-15,18-20,24H,7-11,16-17H2,1-6H3/t20-,24-/m0/s1. The van der Waals surface area contributed by atoms with Crippen molar-refractivity contribution >= 4 is 11.8 Å². The van der Waals surface area contributed by atoms with Gasteiger partial charge in [-0.25, -0.2) is 0 Å². The van der Waals surface area contributed by atoms with Gasteiger partial charge in [0.05, 0.1) is 21.3 Å². The molecule has 0 aliphatic carbocycles. The molecule has 2 atom stereocenters. The number of benzene rings is 2. The number of hydrogen-bond donors (Lipinski definition) is 0. The molecule has 2 amide bonds. The molecule has 0 N–H and O–H groups in total. The van der Waals surface area contributed by atoms with E-state index < -0.39 is 12.1 Å². The molecule has 1 aliphatic heterocycles. The molecule has 0 bridgehead atoms. The second-order valence-corrected chi connectivity index (χ2v) is 9.40. The quantitative estimate of drug-likeness (QED) is 0.389. The Balaban J connectivity index is 1.75. The largest absolute Gasteiger partial charge is 0.493 e. The highest BCUT2D eigenvalue weighted by atomic mass is 16.5. The lowest BCUT2D eigenvalue weighted by atomic mass is 9.96. The van der Waals surface area contributed by atoms with Crippen LogP contribution in [0.15, 0.2) is 36.4 Å². The lowest BCUT2D eigenvalue weighted by Gasteiger charge is -2.42. The summed E-state index contributed by atoms with van der Waals surface area (Å²) in [5.74, 6) is 1.77. The SMILES string of the molecule is CCCCCCCN1C(=O)[C@H](Cc2ccc(-c3cc(OC)c(OC)c(OC)c3)cc2)N(C)C(=O)[C@@H]1C. The fourth-order valence-corrected chi connectivity index (χ4v) is 4.85. The van der Waals surface area contributed by atoms with E-state index in [-0.39, 0.29) is 11.8 Å². The predicted molar refractivity (Wildman–Crippen MR) is 142 cm³/mol. The Morgan fingerprint density at radius 3 is 1.97 bits per heavy atom. The molecule has 2 aromatic rings. The number of ether oxygens (including phenoxy) is 3. The molecule has 0 radical (unpaired) electrons. The Morgan fingerprint density at radius 2 is 1.42 bits per heavy atom. The molecule has 196 valence electrons. The molecule has 2 aromatic carbocycles. The van der Waals surface area contributed by atoms with E-state index in [1.807, 2.05) is 43.3 Å². The van der Waals surface area contributed by atoms with E-state index in [9.17, 15) is 9.59 Å². The van der Waals surface area contributed by atoms with Crippen molar-refractivity contribution in [1.29, 1.82) is 0 Å². The summed E-state index contributed by atoms with van der Waals surface area (Å²) in [7, 11) is 6.51. The van der Waals surface area contributed by atoms with Crippen molar-refractivity contribution in [2.75, 3.05) is 34.9 Å². The number of piperazine rings is 1. The third kappa shape index (κ3) is 5.94. The number of unbranched alkanes of at least 4 members (excludes halogenated alkanes) is 4. The molecule has 3 rings (SSSR count). The first-order valence-electron chi connectivity index (χ1n) is 12.8. The van der Waals surface area contributed by atoms with E-state index in [1.165, 1.54) is 19.3 Å². The topological polar surface area (TPSA) is 68.3 Å². The average Bonchev–Trinajstić information content (AvgIpc) is 2.90. The number of amides is 2. The van der Waals surface area contributed by atoms with Gasteiger partial charge in [-0.15, -0.1) is 0 Å². The zero-order valence-corrected chi connectivity index (χ0v) is 22.5. The summed E-state index contributed by atoms with van der Waals surface area (Å²) in [6.07, 6.45) is 6.06. The van der Waals surface area contributed by atoms with Gasteiger partial charge in [0, 0.05) is 20.0 Å². The van der Waals surface area contributed by atoms with Gasteiger partial charge in [-0.05, 0) is 42.2 Å². The highest BCUT2D eigenvalue weighted by Gasteiger charge is 2.41. The minimum atomic E-state index is -0.489. The molecule has 0 saturated carbocycles. The third-order valence-corrected chi connectivity index (χ3v) is 7.09. The van der Waals surface area contributed by atoms with Crippen LogP contribution < -0.4 is 14.2 Å². The molecular formula is C29H40N2O5. The number of nitrogens with zero attached hydrogens (tertiary/aromatic N) is 2. The van der Waals surface area contributed by atoms with E-state index in [0.717, 1.165) is 29.5 Å². The fourth-order valence-electron chi connectivity index (χ4n) is 4.85. The first-order valence-corrected chi connectivity index (χ1v) is 12.8. The van der Waals surface area contributed by atoms with Gasteiger partial charge in [0.25, 0.3) is 0 Å². The molecular weight excluding hydrogens is 456 g/mol. The van der Waals surface area contributed by atoms with Crippen LogP contribution in [-0.2, 0) is 16.0 Å². The molecule has 36 heavy (non-hydrogen) atoms. The van der Waals surface area contributed by atoms with Crippen LogP contribution in [0.3, 0.4) is 0 Å². The first-order chi connectivity index (χ1) is 17.4. The summed E-state index contributed by atoms with van der Waals surface area (Å²) in [5.41, 5.74) is 2.92. The molecule has 0 unspecified atom stereocenters. The number of methoxy groups -OCH3 is 3. The highest BCUT2D eigenvalue weighted by Crippen LogP contribution is 2.41. The maximum Gasteiger partial charge on any atom is 0.246 e. The van der Waals surface area contributed by atoms with Gasteiger partial charge >= 0.3 is 0 Å². The van der Waals surface area contributed by atoms with Crippen molar-refractivity contribution in [3.63, 3.8) is 0 Å². The van der Waals surface area contributed by atoms with Crippen molar-refractivity contribution < 1.29 is 23.8 Å². The molecule has 7 heteroatoms. The highest BCUT2D eigenvalue weighted by molar-refractivity contribution is 5.96. The van der Waals surface area contributed by atoms with Gasteiger partial charge in [0.2, 0.25) is 17.6 Å². The molecule has 1 aliphatic rings. The van der Waals surface area contributed by atoms with Crippen molar-refractivity contribution in [2.24, 2.45) is 0 Å². The Labute approximate surface area is 215 Å². The van der Waals surface area contributed by atoms with E-state index in [2.05, 4.69) is 6.92 Å². The summed E-state index contributed by atoms with van der Waals surface area (Å²) < 4.78 is 16.4. The fraction of sp³-hybridized carbons (Fsp3) is 0.517. The maximum absolute atomic E-state index is 13.4. The molecule has 1 heterocycles. The number of carbonyl (C=O) groups is 2. The monoisotopic (exact) mass is 496 g/mol. The number of rotatable bonds is 12. The van der Waals surface area contributed by atoms with Crippen LogP contribution in [0.4, 0.5) is 0 Å². The summed E-state index contributed by atoms with van der Waals surface area (Å²) in [5, 5.41) is 0. The second kappa shape index (κ2) is 12.7. The second-order valence-electron chi connectivity index (χ2n) is 9.40. The van der Waals surface area contributed by atoms with Crippen LogP contribution in [0.1, 0.15) is 51.5 Å². The van der Waals surface area contributed by atoms with Gasteiger partial charge < -0.3 is 24.0 Å². The Kier molecular flexibility index (Phi) is 9.62. The van der Waals surface area contributed by atoms with E-state index in [1.54, 1.807) is 38.2 Å². The lowest BCUT2D eigenvalue weighted by molar-refractivity contribution is -0.159. The predicted octanol–water partition coefficient (Wildman–Crippen LogP) is 4.95. The maximum atomic E-state index is 13.4. The number of likely N-dealkylation sites (N-methyl/N-ethyl adjacent to an activating group) is 1. The summed E-state index contributed by atoms with van der Waals surface area (Å²) >= 11 is 0. The molecule has 7 nitrogen and oxygen atoms in total. The third-order valence-electron chi connectivity index (χ3n) is 7.09.